The van der Waals surface area contributed by atoms with Gasteiger partial charge in [-0.2, -0.15) is 0 Å². The van der Waals surface area contributed by atoms with Gasteiger partial charge >= 0.3 is 0 Å². The Balaban J connectivity index is 1.77. The van der Waals surface area contributed by atoms with Gasteiger partial charge in [0.05, 0.1) is 19.9 Å². The van der Waals surface area contributed by atoms with Crippen molar-refractivity contribution in [2.24, 2.45) is 0 Å². The van der Waals surface area contributed by atoms with Crippen LogP contribution in [0.1, 0.15) is 12.5 Å². The molecular weight excluding hydrogens is 316 g/mol. The SMILES string of the molecule is CCc1ccc2c(ccn2CC(=O)Nc2ccc(OC)cc2OC)c1. The lowest BCUT2D eigenvalue weighted by Crippen LogP contribution is -2.18. The molecule has 1 heterocycles. The van der Waals surface area contributed by atoms with E-state index in [0.717, 1.165) is 17.3 Å². The molecule has 0 unspecified atom stereocenters. The van der Waals surface area contributed by atoms with Gasteiger partial charge in [0.2, 0.25) is 5.91 Å². The molecule has 5 heteroatoms. The third-order valence-corrected chi connectivity index (χ3v) is 4.24. The minimum Gasteiger partial charge on any atom is -0.497 e. The predicted octanol–water partition coefficient (Wildman–Crippen LogP) is 3.86. The third-order valence-electron chi connectivity index (χ3n) is 4.24. The van der Waals surface area contributed by atoms with Gasteiger partial charge in [0.15, 0.2) is 0 Å². The van der Waals surface area contributed by atoms with Gasteiger partial charge in [0.1, 0.15) is 18.0 Å². The van der Waals surface area contributed by atoms with Crippen LogP contribution in [0, 0.1) is 0 Å². The highest BCUT2D eigenvalue weighted by molar-refractivity contribution is 5.93. The monoisotopic (exact) mass is 338 g/mol. The first kappa shape index (κ1) is 16.9. The fourth-order valence-electron chi connectivity index (χ4n) is 2.85. The van der Waals surface area contributed by atoms with Crippen LogP contribution in [-0.4, -0.2) is 24.7 Å². The fraction of sp³-hybridized carbons (Fsp3) is 0.250. The number of ether oxygens (including phenoxy) is 2. The largest absolute Gasteiger partial charge is 0.497 e. The minimum atomic E-state index is -0.111. The van der Waals surface area contributed by atoms with Gasteiger partial charge in [-0.3, -0.25) is 4.79 Å². The second-order valence-electron chi connectivity index (χ2n) is 5.80. The van der Waals surface area contributed by atoms with E-state index in [2.05, 4.69) is 30.4 Å². The van der Waals surface area contributed by atoms with E-state index in [1.54, 1.807) is 32.4 Å². The fourth-order valence-corrected chi connectivity index (χ4v) is 2.85. The summed E-state index contributed by atoms with van der Waals surface area (Å²) in [6.07, 6.45) is 2.94. The Morgan fingerprint density at radius 2 is 1.92 bits per heavy atom. The van der Waals surface area contributed by atoms with E-state index in [-0.39, 0.29) is 12.5 Å². The first-order chi connectivity index (χ1) is 12.1. The van der Waals surface area contributed by atoms with Crippen LogP contribution in [0.4, 0.5) is 5.69 Å². The standard InChI is InChI=1S/C20H22N2O3/c1-4-14-5-8-18-15(11-14)9-10-22(18)13-20(23)21-17-7-6-16(24-2)12-19(17)25-3/h5-12H,4,13H2,1-3H3,(H,21,23). The lowest BCUT2D eigenvalue weighted by Gasteiger charge is -2.12. The summed E-state index contributed by atoms with van der Waals surface area (Å²) in [5, 5.41) is 4.05. The lowest BCUT2D eigenvalue weighted by molar-refractivity contribution is -0.116. The lowest BCUT2D eigenvalue weighted by atomic mass is 10.1. The molecule has 1 N–H and O–H groups in total. The molecule has 5 nitrogen and oxygen atoms in total. The number of fused-ring (bicyclic) bond motifs is 1. The molecule has 0 aliphatic rings. The molecule has 2 aromatic carbocycles. The Morgan fingerprint density at radius 1 is 1.08 bits per heavy atom. The van der Waals surface area contributed by atoms with Crippen LogP contribution in [0.5, 0.6) is 11.5 Å². The maximum atomic E-state index is 12.5. The number of carbonyl (C=O) groups excluding carboxylic acids is 1. The molecule has 3 aromatic rings. The molecule has 0 spiro atoms. The zero-order valence-electron chi connectivity index (χ0n) is 14.7. The van der Waals surface area contributed by atoms with Crippen molar-refractivity contribution in [2.75, 3.05) is 19.5 Å². The van der Waals surface area contributed by atoms with Gasteiger partial charge in [-0.1, -0.05) is 13.0 Å². The van der Waals surface area contributed by atoms with E-state index < -0.39 is 0 Å². The molecule has 0 aliphatic heterocycles. The van der Waals surface area contributed by atoms with E-state index in [4.69, 9.17) is 9.47 Å². The summed E-state index contributed by atoms with van der Waals surface area (Å²) in [5.41, 5.74) is 2.96. The first-order valence-electron chi connectivity index (χ1n) is 8.24. The van der Waals surface area contributed by atoms with Crippen LogP contribution >= 0.6 is 0 Å². The van der Waals surface area contributed by atoms with E-state index in [9.17, 15) is 4.79 Å². The molecule has 0 fully saturated rings. The molecule has 1 aromatic heterocycles. The number of aromatic nitrogens is 1. The summed E-state index contributed by atoms with van der Waals surface area (Å²) in [7, 11) is 3.16. The van der Waals surface area contributed by atoms with Crippen molar-refractivity contribution in [1.29, 1.82) is 0 Å². The van der Waals surface area contributed by atoms with E-state index in [0.29, 0.717) is 17.2 Å². The number of amides is 1. The smallest absolute Gasteiger partial charge is 0.244 e. The number of anilines is 1. The van der Waals surface area contributed by atoms with Crippen molar-refractivity contribution in [3.63, 3.8) is 0 Å². The summed E-state index contributed by atoms with van der Waals surface area (Å²) in [4.78, 5) is 12.5. The Labute approximate surface area is 147 Å². The summed E-state index contributed by atoms with van der Waals surface area (Å²) in [6, 6.07) is 13.7. The van der Waals surface area contributed by atoms with Crippen LogP contribution in [0.25, 0.3) is 10.9 Å². The van der Waals surface area contributed by atoms with E-state index >= 15 is 0 Å². The van der Waals surface area contributed by atoms with Crippen molar-refractivity contribution in [1.82, 2.24) is 4.57 Å². The number of hydrogen-bond donors (Lipinski definition) is 1. The summed E-state index contributed by atoms with van der Waals surface area (Å²) >= 11 is 0. The molecule has 0 radical (unpaired) electrons. The summed E-state index contributed by atoms with van der Waals surface area (Å²) in [5.74, 6) is 1.14. The highest BCUT2D eigenvalue weighted by atomic mass is 16.5. The second-order valence-corrected chi connectivity index (χ2v) is 5.80. The molecule has 130 valence electrons. The minimum absolute atomic E-state index is 0.111. The van der Waals surface area contributed by atoms with Crippen molar-refractivity contribution in [3.05, 3.63) is 54.2 Å². The molecule has 3 rings (SSSR count). The second kappa shape index (κ2) is 7.30. The van der Waals surface area contributed by atoms with Crippen LogP contribution < -0.4 is 14.8 Å². The third kappa shape index (κ3) is 3.60. The zero-order valence-corrected chi connectivity index (χ0v) is 14.7. The van der Waals surface area contributed by atoms with Crippen molar-refractivity contribution in [2.45, 2.75) is 19.9 Å². The summed E-state index contributed by atoms with van der Waals surface area (Å²) < 4.78 is 12.4. The van der Waals surface area contributed by atoms with E-state index in [1.807, 2.05) is 16.8 Å². The van der Waals surface area contributed by atoms with Crippen molar-refractivity contribution >= 4 is 22.5 Å². The van der Waals surface area contributed by atoms with Gasteiger partial charge in [-0.05, 0) is 47.7 Å². The highest BCUT2D eigenvalue weighted by Gasteiger charge is 2.11. The molecule has 0 aliphatic carbocycles. The van der Waals surface area contributed by atoms with Crippen molar-refractivity contribution in [3.8, 4) is 11.5 Å². The quantitative estimate of drug-likeness (QED) is 0.742. The van der Waals surface area contributed by atoms with Gasteiger partial charge < -0.3 is 19.4 Å². The highest BCUT2D eigenvalue weighted by Crippen LogP contribution is 2.29. The molecule has 0 saturated heterocycles. The number of hydrogen-bond acceptors (Lipinski definition) is 3. The molecule has 0 bridgehead atoms. The Kier molecular flexibility index (Phi) is 4.93. The molecule has 1 amide bonds. The number of carbonyl (C=O) groups is 1. The Bertz CT molecular complexity index is 899. The normalized spacial score (nSPS) is 10.7. The molecular formula is C20H22N2O3. The zero-order chi connectivity index (χ0) is 17.8. The number of benzene rings is 2. The van der Waals surface area contributed by atoms with Gasteiger partial charge in [-0.15, -0.1) is 0 Å². The average Bonchev–Trinajstić information content (AvgIpc) is 3.03. The number of nitrogens with zero attached hydrogens (tertiary/aromatic N) is 1. The maximum Gasteiger partial charge on any atom is 0.244 e. The van der Waals surface area contributed by atoms with Gasteiger partial charge in [0.25, 0.3) is 0 Å². The van der Waals surface area contributed by atoms with Gasteiger partial charge in [0, 0.05) is 17.8 Å². The number of rotatable bonds is 6. The van der Waals surface area contributed by atoms with Crippen LogP contribution in [0.2, 0.25) is 0 Å². The maximum absolute atomic E-state index is 12.5. The molecule has 0 saturated carbocycles. The summed E-state index contributed by atoms with van der Waals surface area (Å²) in [6.45, 7) is 2.37. The number of aryl methyl sites for hydroxylation is 1. The predicted molar refractivity (Wildman–Crippen MR) is 99.5 cm³/mol. The van der Waals surface area contributed by atoms with Crippen LogP contribution in [0.15, 0.2) is 48.7 Å². The molecule has 0 atom stereocenters. The van der Waals surface area contributed by atoms with Crippen molar-refractivity contribution < 1.29 is 14.3 Å². The molecule has 25 heavy (non-hydrogen) atoms. The van der Waals surface area contributed by atoms with Crippen LogP contribution in [-0.2, 0) is 17.8 Å². The van der Waals surface area contributed by atoms with Crippen LogP contribution in [0.3, 0.4) is 0 Å². The topological polar surface area (TPSA) is 52.5 Å². The van der Waals surface area contributed by atoms with Gasteiger partial charge in [-0.25, -0.2) is 0 Å². The Morgan fingerprint density at radius 3 is 2.64 bits per heavy atom. The average molecular weight is 338 g/mol. The number of nitrogens with one attached hydrogen (secondary N) is 1. The Hall–Kier alpha value is -2.95. The number of methoxy groups -OCH3 is 2. The van der Waals surface area contributed by atoms with E-state index in [1.165, 1.54) is 5.56 Å². The first-order valence-corrected chi connectivity index (χ1v) is 8.24.